The summed E-state index contributed by atoms with van der Waals surface area (Å²) in [7, 11) is 1.72. The van der Waals surface area contributed by atoms with Crippen LogP contribution in [0.25, 0.3) is 21.2 Å². The zero-order chi connectivity index (χ0) is 11.7. The standard InChI is InChI=1S/C15H12OS/c1-16-14-8-7-12(11-5-3-2-4-6-11)15-13(14)9-10-17-15/h2-10H,1H3. The highest BCUT2D eigenvalue weighted by Crippen LogP contribution is 2.37. The van der Waals surface area contributed by atoms with E-state index in [-0.39, 0.29) is 0 Å². The van der Waals surface area contributed by atoms with Crippen LogP contribution in [0.2, 0.25) is 0 Å². The highest BCUT2D eigenvalue weighted by Gasteiger charge is 2.08. The van der Waals surface area contributed by atoms with Gasteiger partial charge in [-0.3, -0.25) is 0 Å². The van der Waals surface area contributed by atoms with Gasteiger partial charge in [0, 0.05) is 10.1 Å². The van der Waals surface area contributed by atoms with Crippen LogP contribution in [0.3, 0.4) is 0 Å². The number of ether oxygens (including phenoxy) is 1. The Hall–Kier alpha value is -1.80. The van der Waals surface area contributed by atoms with Crippen molar-refractivity contribution in [2.24, 2.45) is 0 Å². The normalized spacial score (nSPS) is 10.6. The number of methoxy groups -OCH3 is 1. The predicted octanol–water partition coefficient (Wildman–Crippen LogP) is 4.58. The molecule has 1 nitrogen and oxygen atoms in total. The molecule has 0 aliphatic carbocycles. The lowest BCUT2D eigenvalue weighted by molar-refractivity contribution is 0.420. The monoisotopic (exact) mass is 240 g/mol. The summed E-state index contributed by atoms with van der Waals surface area (Å²) in [6.45, 7) is 0. The Labute approximate surface area is 104 Å². The van der Waals surface area contributed by atoms with Gasteiger partial charge in [0.1, 0.15) is 5.75 Å². The lowest BCUT2D eigenvalue weighted by Crippen LogP contribution is -1.84. The van der Waals surface area contributed by atoms with Crippen LogP contribution in [0.1, 0.15) is 0 Å². The van der Waals surface area contributed by atoms with Gasteiger partial charge in [-0.1, -0.05) is 30.3 Å². The Balaban J connectivity index is 2.29. The van der Waals surface area contributed by atoms with Crippen LogP contribution >= 0.6 is 11.3 Å². The van der Waals surface area contributed by atoms with E-state index < -0.39 is 0 Å². The fourth-order valence-corrected chi connectivity index (χ4v) is 3.01. The fourth-order valence-electron chi connectivity index (χ4n) is 2.06. The van der Waals surface area contributed by atoms with Crippen molar-refractivity contribution in [2.45, 2.75) is 0 Å². The number of benzene rings is 2. The van der Waals surface area contributed by atoms with Crippen molar-refractivity contribution >= 4 is 21.4 Å². The van der Waals surface area contributed by atoms with Gasteiger partial charge in [0.15, 0.2) is 0 Å². The van der Waals surface area contributed by atoms with Gasteiger partial charge in [0.2, 0.25) is 0 Å². The van der Waals surface area contributed by atoms with E-state index in [2.05, 4.69) is 41.8 Å². The Morgan fingerprint density at radius 2 is 1.76 bits per heavy atom. The maximum absolute atomic E-state index is 5.38. The van der Waals surface area contributed by atoms with E-state index >= 15 is 0 Å². The molecule has 1 aromatic heterocycles. The molecule has 2 aromatic carbocycles. The topological polar surface area (TPSA) is 9.23 Å². The first-order chi connectivity index (χ1) is 8.40. The average molecular weight is 240 g/mol. The van der Waals surface area contributed by atoms with Crippen molar-refractivity contribution in [3.63, 3.8) is 0 Å². The van der Waals surface area contributed by atoms with E-state index in [1.807, 2.05) is 12.1 Å². The molecule has 0 saturated carbocycles. The summed E-state index contributed by atoms with van der Waals surface area (Å²) < 4.78 is 6.67. The van der Waals surface area contributed by atoms with Crippen LogP contribution in [0.15, 0.2) is 53.9 Å². The van der Waals surface area contributed by atoms with E-state index in [1.54, 1.807) is 18.4 Å². The zero-order valence-corrected chi connectivity index (χ0v) is 10.3. The first-order valence-corrected chi connectivity index (χ1v) is 6.38. The van der Waals surface area contributed by atoms with E-state index in [1.165, 1.54) is 21.2 Å². The molecule has 0 N–H and O–H groups in total. The highest BCUT2D eigenvalue weighted by atomic mass is 32.1. The third kappa shape index (κ3) is 1.71. The first kappa shape index (κ1) is 10.4. The third-order valence-electron chi connectivity index (χ3n) is 2.88. The summed E-state index contributed by atoms with van der Waals surface area (Å²) in [6.07, 6.45) is 0. The van der Waals surface area contributed by atoms with E-state index in [0.717, 1.165) is 5.75 Å². The molecule has 84 valence electrons. The summed E-state index contributed by atoms with van der Waals surface area (Å²) in [4.78, 5) is 0. The second kappa shape index (κ2) is 4.22. The number of thiophene rings is 1. The van der Waals surface area contributed by atoms with Crippen molar-refractivity contribution in [1.82, 2.24) is 0 Å². The molecule has 17 heavy (non-hydrogen) atoms. The van der Waals surface area contributed by atoms with E-state index in [4.69, 9.17) is 4.74 Å². The van der Waals surface area contributed by atoms with Crippen molar-refractivity contribution in [1.29, 1.82) is 0 Å². The molecule has 0 radical (unpaired) electrons. The van der Waals surface area contributed by atoms with Crippen LogP contribution in [0.5, 0.6) is 5.75 Å². The van der Waals surface area contributed by atoms with Crippen LogP contribution in [-0.2, 0) is 0 Å². The Kier molecular flexibility index (Phi) is 2.57. The summed E-state index contributed by atoms with van der Waals surface area (Å²) in [5, 5.41) is 3.30. The lowest BCUT2D eigenvalue weighted by Gasteiger charge is -2.07. The van der Waals surface area contributed by atoms with Crippen LogP contribution < -0.4 is 4.74 Å². The molecule has 0 bridgehead atoms. The van der Waals surface area contributed by atoms with E-state index in [0.29, 0.717) is 0 Å². The molecule has 0 atom stereocenters. The summed E-state index contributed by atoms with van der Waals surface area (Å²) in [6, 6.07) is 16.7. The van der Waals surface area contributed by atoms with Gasteiger partial charge < -0.3 is 4.74 Å². The number of fused-ring (bicyclic) bond motifs is 1. The number of rotatable bonds is 2. The maximum atomic E-state index is 5.38. The SMILES string of the molecule is COc1ccc(-c2ccccc2)c2sccc12. The van der Waals surface area contributed by atoms with Gasteiger partial charge >= 0.3 is 0 Å². The van der Waals surface area contributed by atoms with Gasteiger partial charge in [-0.25, -0.2) is 0 Å². The first-order valence-electron chi connectivity index (χ1n) is 5.50. The largest absolute Gasteiger partial charge is 0.496 e. The molecular formula is C15H12OS. The molecular weight excluding hydrogens is 228 g/mol. The summed E-state index contributed by atoms with van der Waals surface area (Å²) >= 11 is 1.76. The molecule has 3 rings (SSSR count). The van der Waals surface area contributed by atoms with Crippen molar-refractivity contribution in [2.75, 3.05) is 7.11 Å². The second-order valence-corrected chi connectivity index (χ2v) is 4.76. The quantitative estimate of drug-likeness (QED) is 0.637. The predicted molar refractivity (Wildman–Crippen MR) is 73.8 cm³/mol. The second-order valence-electron chi connectivity index (χ2n) is 3.84. The minimum Gasteiger partial charge on any atom is -0.496 e. The smallest absolute Gasteiger partial charge is 0.127 e. The summed E-state index contributed by atoms with van der Waals surface area (Å²) in [5.74, 6) is 0.945. The van der Waals surface area contributed by atoms with Crippen molar-refractivity contribution < 1.29 is 4.74 Å². The average Bonchev–Trinajstić information content (AvgIpc) is 2.88. The maximum Gasteiger partial charge on any atom is 0.127 e. The van der Waals surface area contributed by atoms with Gasteiger partial charge in [0.25, 0.3) is 0 Å². The number of hydrogen-bond donors (Lipinski definition) is 0. The Morgan fingerprint density at radius 3 is 2.53 bits per heavy atom. The molecule has 0 unspecified atom stereocenters. The molecule has 0 amide bonds. The minimum absolute atomic E-state index is 0.945. The molecule has 2 heteroatoms. The van der Waals surface area contributed by atoms with Crippen LogP contribution in [0.4, 0.5) is 0 Å². The van der Waals surface area contributed by atoms with Crippen molar-refractivity contribution in [3.8, 4) is 16.9 Å². The van der Waals surface area contributed by atoms with Gasteiger partial charge in [-0.05, 0) is 34.7 Å². The fraction of sp³-hybridized carbons (Fsp3) is 0.0667. The zero-order valence-electron chi connectivity index (χ0n) is 9.51. The molecule has 0 fully saturated rings. The molecule has 0 aliphatic rings. The van der Waals surface area contributed by atoms with Crippen LogP contribution in [-0.4, -0.2) is 7.11 Å². The van der Waals surface area contributed by atoms with E-state index in [9.17, 15) is 0 Å². The minimum atomic E-state index is 0.945. The van der Waals surface area contributed by atoms with Gasteiger partial charge in [-0.2, -0.15) is 0 Å². The molecule has 0 aliphatic heterocycles. The molecule has 1 heterocycles. The summed E-state index contributed by atoms with van der Waals surface area (Å²) in [5.41, 5.74) is 2.53. The lowest BCUT2D eigenvalue weighted by atomic mass is 10.0. The Morgan fingerprint density at radius 1 is 0.941 bits per heavy atom. The molecule has 3 aromatic rings. The van der Waals surface area contributed by atoms with Gasteiger partial charge in [0.05, 0.1) is 7.11 Å². The molecule has 0 spiro atoms. The van der Waals surface area contributed by atoms with Gasteiger partial charge in [-0.15, -0.1) is 11.3 Å². The Bertz CT molecular complexity index is 640. The van der Waals surface area contributed by atoms with Crippen molar-refractivity contribution in [3.05, 3.63) is 53.9 Å². The van der Waals surface area contributed by atoms with Crippen LogP contribution in [0, 0.1) is 0 Å². The molecule has 0 saturated heterocycles. The number of hydrogen-bond acceptors (Lipinski definition) is 2. The highest BCUT2D eigenvalue weighted by molar-refractivity contribution is 7.17. The third-order valence-corrected chi connectivity index (χ3v) is 3.83.